The minimum absolute atomic E-state index is 0.114. The van der Waals surface area contributed by atoms with Crippen LogP contribution >= 0.6 is 11.6 Å². The van der Waals surface area contributed by atoms with Crippen molar-refractivity contribution in [3.63, 3.8) is 0 Å². The summed E-state index contributed by atoms with van der Waals surface area (Å²) in [5.41, 5.74) is 0. The van der Waals surface area contributed by atoms with Crippen LogP contribution in [0.25, 0.3) is 0 Å². The van der Waals surface area contributed by atoms with E-state index in [1.807, 2.05) is 13.8 Å². The molecule has 2 atom stereocenters. The zero-order valence-electron chi connectivity index (χ0n) is 10.9. The van der Waals surface area contributed by atoms with E-state index in [1.54, 1.807) is 11.4 Å². The first kappa shape index (κ1) is 15.2. The number of halogens is 1. The molecule has 1 saturated heterocycles. The molecule has 4 nitrogen and oxygen atoms in total. The molecule has 102 valence electrons. The van der Waals surface area contributed by atoms with Crippen LogP contribution in [0.1, 0.15) is 39.5 Å². The summed E-state index contributed by atoms with van der Waals surface area (Å²) in [6.45, 7) is 4.53. The molecule has 0 saturated carbocycles. The highest BCUT2D eigenvalue weighted by molar-refractivity contribution is 7.86. The Kier molecular flexibility index (Phi) is 5.70. The third-order valence-electron chi connectivity index (χ3n) is 3.45. The van der Waals surface area contributed by atoms with Crippen LogP contribution in [0.2, 0.25) is 0 Å². The van der Waals surface area contributed by atoms with E-state index < -0.39 is 10.2 Å². The maximum Gasteiger partial charge on any atom is 0.282 e. The molecule has 0 aliphatic carbocycles. The van der Waals surface area contributed by atoms with E-state index in [-0.39, 0.29) is 12.1 Å². The fourth-order valence-electron chi connectivity index (χ4n) is 2.41. The molecule has 0 aromatic heterocycles. The molecule has 1 rings (SSSR count). The van der Waals surface area contributed by atoms with Crippen LogP contribution in [0.15, 0.2) is 0 Å². The molecule has 0 radical (unpaired) electrons. The quantitative estimate of drug-likeness (QED) is 0.700. The van der Waals surface area contributed by atoms with Gasteiger partial charge >= 0.3 is 0 Å². The maximum absolute atomic E-state index is 12.4. The number of rotatable bonds is 6. The van der Waals surface area contributed by atoms with Crippen LogP contribution in [0.3, 0.4) is 0 Å². The molecule has 1 fully saturated rings. The molecule has 1 aliphatic heterocycles. The molecular formula is C11H23ClN2O2S. The van der Waals surface area contributed by atoms with Crippen molar-refractivity contribution < 1.29 is 8.42 Å². The molecule has 0 N–H and O–H groups in total. The van der Waals surface area contributed by atoms with Gasteiger partial charge in [0.05, 0.1) is 0 Å². The largest absolute Gasteiger partial charge is 0.282 e. The van der Waals surface area contributed by atoms with Gasteiger partial charge in [-0.25, -0.2) is 0 Å². The van der Waals surface area contributed by atoms with Gasteiger partial charge in [0.15, 0.2) is 0 Å². The lowest BCUT2D eigenvalue weighted by atomic mass is 10.2. The van der Waals surface area contributed by atoms with Gasteiger partial charge in [-0.05, 0) is 32.6 Å². The Labute approximate surface area is 110 Å². The summed E-state index contributed by atoms with van der Waals surface area (Å²) >= 11 is 5.60. The van der Waals surface area contributed by atoms with Gasteiger partial charge in [-0.15, -0.1) is 11.6 Å². The van der Waals surface area contributed by atoms with Gasteiger partial charge in [0.1, 0.15) is 0 Å². The normalized spacial score (nSPS) is 26.9. The fourth-order valence-corrected chi connectivity index (χ4v) is 4.40. The summed E-state index contributed by atoms with van der Waals surface area (Å²) in [5.74, 6) is 0.493. The Morgan fingerprint density at radius 1 is 1.41 bits per heavy atom. The lowest BCUT2D eigenvalue weighted by Crippen LogP contribution is -2.47. The first-order chi connectivity index (χ1) is 7.95. The van der Waals surface area contributed by atoms with Crippen molar-refractivity contribution in [1.29, 1.82) is 0 Å². The van der Waals surface area contributed by atoms with Gasteiger partial charge in [-0.3, -0.25) is 0 Å². The molecule has 2 unspecified atom stereocenters. The molecule has 6 heteroatoms. The monoisotopic (exact) mass is 282 g/mol. The van der Waals surface area contributed by atoms with Crippen molar-refractivity contribution in [2.45, 2.75) is 51.6 Å². The topological polar surface area (TPSA) is 40.6 Å². The molecular weight excluding hydrogens is 260 g/mol. The van der Waals surface area contributed by atoms with E-state index in [0.717, 1.165) is 19.3 Å². The van der Waals surface area contributed by atoms with Crippen LogP contribution in [-0.2, 0) is 10.2 Å². The Hall–Kier alpha value is 0.160. The molecule has 0 bridgehead atoms. The molecule has 0 spiro atoms. The fraction of sp³-hybridized carbons (Fsp3) is 1.00. The number of nitrogens with zero attached hydrogens (tertiary/aromatic N) is 2. The number of alkyl halides is 1. The van der Waals surface area contributed by atoms with E-state index in [1.165, 1.54) is 4.31 Å². The van der Waals surface area contributed by atoms with E-state index in [2.05, 4.69) is 0 Å². The van der Waals surface area contributed by atoms with Gasteiger partial charge in [-0.2, -0.15) is 17.0 Å². The Bertz CT molecular complexity index is 334. The van der Waals surface area contributed by atoms with Gasteiger partial charge in [0.2, 0.25) is 0 Å². The third-order valence-corrected chi connectivity index (χ3v) is 5.88. The van der Waals surface area contributed by atoms with Crippen LogP contribution in [-0.4, -0.2) is 48.6 Å². The summed E-state index contributed by atoms with van der Waals surface area (Å²) in [7, 11) is -1.67. The average molecular weight is 283 g/mol. The first-order valence-electron chi connectivity index (χ1n) is 6.25. The van der Waals surface area contributed by atoms with Crippen molar-refractivity contribution >= 4 is 21.8 Å². The van der Waals surface area contributed by atoms with Crippen molar-refractivity contribution in [3.05, 3.63) is 0 Å². The second-order valence-electron chi connectivity index (χ2n) is 4.69. The highest BCUT2D eigenvalue weighted by Gasteiger charge is 2.40. The molecule has 1 aliphatic rings. The molecule has 1 heterocycles. The van der Waals surface area contributed by atoms with E-state index >= 15 is 0 Å². The minimum atomic E-state index is -3.31. The van der Waals surface area contributed by atoms with Crippen molar-refractivity contribution in [1.82, 2.24) is 8.61 Å². The molecule has 0 aromatic carbocycles. The van der Waals surface area contributed by atoms with Gasteiger partial charge < -0.3 is 0 Å². The van der Waals surface area contributed by atoms with E-state index in [9.17, 15) is 8.42 Å². The third kappa shape index (κ3) is 3.34. The molecule has 0 aromatic rings. The highest BCUT2D eigenvalue weighted by Crippen LogP contribution is 2.30. The summed E-state index contributed by atoms with van der Waals surface area (Å²) in [4.78, 5) is 0. The van der Waals surface area contributed by atoms with Crippen LogP contribution in [0, 0.1) is 0 Å². The summed E-state index contributed by atoms with van der Waals surface area (Å²) in [6, 6.07) is 0.275. The van der Waals surface area contributed by atoms with Crippen LogP contribution in [0.5, 0.6) is 0 Å². The number of hydrogen-bond acceptors (Lipinski definition) is 2. The maximum atomic E-state index is 12.4. The van der Waals surface area contributed by atoms with Crippen molar-refractivity contribution in [3.8, 4) is 0 Å². The second kappa shape index (κ2) is 6.36. The van der Waals surface area contributed by atoms with Gasteiger partial charge in [-0.1, -0.05) is 6.92 Å². The van der Waals surface area contributed by atoms with Crippen molar-refractivity contribution in [2.75, 3.05) is 19.5 Å². The summed E-state index contributed by atoms with van der Waals surface area (Å²) in [5, 5.41) is 0. The Morgan fingerprint density at radius 2 is 2.06 bits per heavy atom. The predicted molar refractivity (Wildman–Crippen MR) is 71.5 cm³/mol. The number of hydrogen-bond donors (Lipinski definition) is 0. The zero-order chi connectivity index (χ0) is 13.1. The average Bonchev–Trinajstić information content (AvgIpc) is 2.67. The second-order valence-corrected chi connectivity index (χ2v) is 7.01. The smallest absolute Gasteiger partial charge is 0.195 e. The lowest BCUT2D eigenvalue weighted by Gasteiger charge is -2.31. The zero-order valence-corrected chi connectivity index (χ0v) is 12.5. The van der Waals surface area contributed by atoms with Crippen LogP contribution in [0.4, 0.5) is 0 Å². The van der Waals surface area contributed by atoms with Gasteiger partial charge in [0.25, 0.3) is 10.2 Å². The highest BCUT2D eigenvalue weighted by atomic mass is 35.5. The predicted octanol–water partition coefficient (Wildman–Crippen LogP) is 2.05. The molecule has 0 amide bonds. The summed E-state index contributed by atoms with van der Waals surface area (Å²) < 4.78 is 28.0. The Balaban J connectivity index is 2.80. The standard InChI is InChI=1S/C11H23ClN2O2S/c1-4-11-7-6-10(2)14(11)17(15,16)13(3)9-5-8-12/h10-11H,4-9H2,1-3H3. The van der Waals surface area contributed by atoms with Gasteiger partial charge in [0, 0.05) is 31.6 Å². The first-order valence-corrected chi connectivity index (χ1v) is 8.19. The Morgan fingerprint density at radius 3 is 2.59 bits per heavy atom. The molecule has 17 heavy (non-hydrogen) atoms. The summed E-state index contributed by atoms with van der Waals surface area (Å²) in [6.07, 6.45) is 3.50. The van der Waals surface area contributed by atoms with Crippen LogP contribution < -0.4 is 0 Å². The minimum Gasteiger partial charge on any atom is -0.195 e. The van der Waals surface area contributed by atoms with E-state index in [4.69, 9.17) is 11.6 Å². The van der Waals surface area contributed by atoms with Crippen molar-refractivity contribution in [2.24, 2.45) is 0 Å². The van der Waals surface area contributed by atoms with E-state index in [0.29, 0.717) is 18.8 Å². The SMILES string of the molecule is CCC1CCC(C)N1S(=O)(=O)N(C)CCCCl. The lowest BCUT2D eigenvalue weighted by molar-refractivity contribution is 0.298.